The molecule has 1 unspecified atom stereocenters. The molecule has 3 rings (SSSR count). The van der Waals surface area contributed by atoms with Gasteiger partial charge in [0.25, 0.3) is 0 Å². The van der Waals surface area contributed by atoms with Gasteiger partial charge in [-0.2, -0.15) is 0 Å². The van der Waals surface area contributed by atoms with E-state index in [0.717, 1.165) is 11.3 Å². The van der Waals surface area contributed by atoms with Gasteiger partial charge in [-0.3, -0.25) is 4.79 Å². The largest absolute Gasteiger partial charge is 0.315 e. The number of anilines is 1. The first-order valence-electron chi connectivity index (χ1n) is 6.66. The quantitative estimate of drug-likeness (QED) is 0.762. The van der Waals surface area contributed by atoms with E-state index in [2.05, 4.69) is 59.3 Å². The van der Waals surface area contributed by atoms with E-state index in [9.17, 15) is 4.79 Å². The molecular weight excluding hydrogens is 314 g/mol. The number of hydrogen-bond donors (Lipinski definition) is 0. The molecule has 3 heteroatoms. The first kappa shape index (κ1) is 13.4. The smallest absolute Gasteiger partial charge is 0.231 e. The molecular formula is C17H16BrNO. The van der Waals surface area contributed by atoms with Crippen LogP contribution in [0.5, 0.6) is 0 Å². The van der Waals surface area contributed by atoms with Crippen LogP contribution in [0.2, 0.25) is 0 Å². The standard InChI is InChI=1S/C17H16BrNO/c1-11-4-3-5-12(8-11)17(18)13-6-7-15-14(9-13)10-16(20)19(15)2/h3-9,17H,10H2,1-2H3. The van der Waals surface area contributed by atoms with Gasteiger partial charge in [0.05, 0.1) is 11.2 Å². The highest BCUT2D eigenvalue weighted by molar-refractivity contribution is 9.09. The number of hydrogen-bond acceptors (Lipinski definition) is 1. The van der Waals surface area contributed by atoms with E-state index in [1.807, 2.05) is 13.1 Å². The van der Waals surface area contributed by atoms with E-state index >= 15 is 0 Å². The number of carbonyl (C=O) groups excluding carboxylic acids is 1. The van der Waals surface area contributed by atoms with Gasteiger partial charge in [0.1, 0.15) is 0 Å². The number of fused-ring (bicyclic) bond motifs is 1. The number of nitrogens with zero attached hydrogens (tertiary/aromatic N) is 1. The summed E-state index contributed by atoms with van der Waals surface area (Å²) in [6.07, 6.45) is 0.507. The molecule has 0 spiro atoms. The molecule has 1 aliphatic rings. The average Bonchev–Trinajstić information content (AvgIpc) is 2.73. The SMILES string of the molecule is Cc1cccc(C(Br)c2ccc3c(c2)CC(=O)N3C)c1. The minimum Gasteiger partial charge on any atom is -0.315 e. The summed E-state index contributed by atoms with van der Waals surface area (Å²) in [5.41, 5.74) is 5.83. The minimum absolute atomic E-state index is 0.161. The second-order valence-electron chi connectivity index (χ2n) is 5.29. The molecule has 0 aromatic heterocycles. The van der Waals surface area contributed by atoms with Gasteiger partial charge in [0.2, 0.25) is 5.91 Å². The van der Waals surface area contributed by atoms with Gasteiger partial charge in [-0.15, -0.1) is 0 Å². The van der Waals surface area contributed by atoms with Crippen molar-refractivity contribution in [3.63, 3.8) is 0 Å². The lowest BCUT2D eigenvalue weighted by Gasteiger charge is -2.14. The molecule has 1 heterocycles. The van der Waals surface area contributed by atoms with Crippen molar-refractivity contribution in [1.29, 1.82) is 0 Å². The molecule has 0 fully saturated rings. The van der Waals surface area contributed by atoms with Crippen LogP contribution >= 0.6 is 15.9 Å². The Hall–Kier alpha value is -1.61. The molecule has 0 bridgehead atoms. The van der Waals surface area contributed by atoms with Crippen LogP contribution < -0.4 is 4.90 Å². The Morgan fingerprint density at radius 1 is 1.15 bits per heavy atom. The highest BCUT2D eigenvalue weighted by Crippen LogP contribution is 2.36. The molecule has 0 N–H and O–H groups in total. The van der Waals surface area contributed by atoms with Crippen molar-refractivity contribution in [2.24, 2.45) is 0 Å². The average molecular weight is 330 g/mol. The predicted molar refractivity (Wildman–Crippen MR) is 85.5 cm³/mol. The van der Waals surface area contributed by atoms with Crippen molar-refractivity contribution in [2.75, 3.05) is 11.9 Å². The van der Waals surface area contributed by atoms with E-state index in [4.69, 9.17) is 0 Å². The highest BCUT2D eigenvalue weighted by Gasteiger charge is 2.24. The highest BCUT2D eigenvalue weighted by atomic mass is 79.9. The Kier molecular flexibility index (Phi) is 3.38. The molecule has 0 radical (unpaired) electrons. The molecule has 1 atom stereocenters. The Morgan fingerprint density at radius 2 is 1.90 bits per heavy atom. The second-order valence-corrected chi connectivity index (χ2v) is 6.21. The third kappa shape index (κ3) is 2.27. The predicted octanol–water partition coefficient (Wildman–Crippen LogP) is 4.00. The van der Waals surface area contributed by atoms with Crippen molar-refractivity contribution in [2.45, 2.75) is 18.2 Å². The molecule has 0 saturated carbocycles. The van der Waals surface area contributed by atoms with E-state index < -0.39 is 0 Å². The van der Waals surface area contributed by atoms with Crippen molar-refractivity contribution < 1.29 is 4.79 Å². The maximum atomic E-state index is 11.7. The van der Waals surface area contributed by atoms with Gasteiger partial charge in [-0.05, 0) is 29.7 Å². The summed E-state index contributed by atoms with van der Waals surface area (Å²) in [5.74, 6) is 0.166. The van der Waals surface area contributed by atoms with Gasteiger partial charge >= 0.3 is 0 Å². The first-order chi connectivity index (χ1) is 9.56. The number of benzene rings is 2. The molecule has 2 aromatic carbocycles. The maximum Gasteiger partial charge on any atom is 0.231 e. The van der Waals surface area contributed by atoms with Crippen LogP contribution in [-0.4, -0.2) is 13.0 Å². The summed E-state index contributed by atoms with van der Waals surface area (Å²) in [5, 5.41) is 0. The summed E-state index contributed by atoms with van der Waals surface area (Å²) in [7, 11) is 1.83. The Bertz CT molecular complexity index is 680. The number of alkyl halides is 1. The van der Waals surface area contributed by atoms with E-state index in [1.165, 1.54) is 16.7 Å². The number of rotatable bonds is 2. The minimum atomic E-state index is 0.161. The van der Waals surface area contributed by atoms with E-state index in [-0.39, 0.29) is 10.7 Å². The zero-order valence-corrected chi connectivity index (χ0v) is 13.1. The monoisotopic (exact) mass is 329 g/mol. The van der Waals surface area contributed by atoms with Crippen LogP contribution in [0.15, 0.2) is 42.5 Å². The topological polar surface area (TPSA) is 20.3 Å². The Balaban J connectivity index is 1.96. The lowest BCUT2D eigenvalue weighted by molar-refractivity contribution is -0.117. The van der Waals surface area contributed by atoms with Crippen LogP contribution in [0.3, 0.4) is 0 Å². The molecule has 2 nitrogen and oxygen atoms in total. The fourth-order valence-corrected chi connectivity index (χ4v) is 3.24. The van der Waals surface area contributed by atoms with Gasteiger partial charge in [0, 0.05) is 12.7 Å². The summed E-state index contributed by atoms with van der Waals surface area (Å²) in [6, 6.07) is 14.7. The Labute approximate surface area is 127 Å². The summed E-state index contributed by atoms with van der Waals surface area (Å²) < 4.78 is 0. The molecule has 1 aliphatic heterocycles. The zero-order chi connectivity index (χ0) is 14.3. The summed E-state index contributed by atoms with van der Waals surface area (Å²) in [6.45, 7) is 2.10. The van der Waals surface area contributed by atoms with Gasteiger partial charge in [-0.1, -0.05) is 57.9 Å². The van der Waals surface area contributed by atoms with Crippen LogP contribution in [-0.2, 0) is 11.2 Å². The molecule has 1 amide bonds. The van der Waals surface area contributed by atoms with Gasteiger partial charge in [-0.25, -0.2) is 0 Å². The number of halogens is 1. The molecule has 0 aliphatic carbocycles. The van der Waals surface area contributed by atoms with Crippen LogP contribution in [0, 0.1) is 6.92 Å². The van der Waals surface area contributed by atoms with Crippen LogP contribution in [0.25, 0.3) is 0 Å². The van der Waals surface area contributed by atoms with Crippen molar-refractivity contribution in [3.8, 4) is 0 Å². The molecule has 20 heavy (non-hydrogen) atoms. The molecule has 102 valence electrons. The molecule has 2 aromatic rings. The van der Waals surface area contributed by atoms with Crippen molar-refractivity contribution in [1.82, 2.24) is 0 Å². The van der Waals surface area contributed by atoms with Gasteiger partial charge < -0.3 is 4.90 Å². The van der Waals surface area contributed by atoms with Crippen LogP contribution in [0.4, 0.5) is 5.69 Å². The molecule has 0 saturated heterocycles. The van der Waals surface area contributed by atoms with Gasteiger partial charge in [0.15, 0.2) is 0 Å². The van der Waals surface area contributed by atoms with Crippen LogP contribution in [0.1, 0.15) is 27.1 Å². The third-order valence-corrected chi connectivity index (χ3v) is 4.87. The number of carbonyl (C=O) groups is 1. The normalized spacial score (nSPS) is 15.3. The fourth-order valence-electron chi connectivity index (χ4n) is 2.67. The maximum absolute atomic E-state index is 11.7. The lowest BCUT2D eigenvalue weighted by atomic mass is 10.0. The van der Waals surface area contributed by atoms with Crippen molar-refractivity contribution in [3.05, 3.63) is 64.7 Å². The lowest BCUT2D eigenvalue weighted by Crippen LogP contribution is -2.20. The summed E-state index contributed by atoms with van der Waals surface area (Å²) >= 11 is 3.77. The number of likely N-dealkylation sites (N-methyl/N-ethyl adjacent to an activating group) is 1. The first-order valence-corrected chi connectivity index (χ1v) is 7.58. The number of amides is 1. The zero-order valence-electron chi connectivity index (χ0n) is 11.6. The van der Waals surface area contributed by atoms with E-state index in [1.54, 1.807) is 4.90 Å². The Morgan fingerprint density at radius 3 is 2.65 bits per heavy atom. The second kappa shape index (κ2) is 5.06. The van der Waals surface area contributed by atoms with E-state index in [0.29, 0.717) is 6.42 Å². The third-order valence-electron chi connectivity index (χ3n) is 3.81. The summed E-state index contributed by atoms with van der Waals surface area (Å²) in [4.78, 5) is 13.6. The van der Waals surface area contributed by atoms with Crippen molar-refractivity contribution >= 4 is 27.5 Å². The fraction of sp³-hybridized carbons (Fsp3) is 0.235. The number of aryl methyl sites for hydroxylation is 1.